The fraction of sp³-hybridized carbons (Fsp3) is 0.294. The molecule has 0 aromatic heterocycles. The molecule has 21 heavy (non-hydrogen) atoms. The number of hydrogen-bond donors (Lipinski definition) is 1. The number of nitrogens with two attached hydrogens (primary N) is 1. The van der Waals surface area contributed by atoms with Gasteiger partial charge in [0, 0.05) is 6.04 Å². The van der Waals surface area contributed by atoms with Crippen molar-refractivity contribution >= 4 is 0 Å². The zero-order chi connectivity index (χ0) is 15.5. The van der Waals surface area contributed by atoms with Crippen molar-refractivity contribution in [1.82, 2.24) is 0 Å². The minimum atomic E-state index is -4.30. The lowest BCUT2D eigenvalue weighted by atomic mass is 9.94. The van der Waals surface area contributed by atoms with E-state index < -0.39 is 11.7 Å². The second kappa shape index (κ2) is 6.31. The Morgan fingerprint density at radius 3 is 2.19 bits per heavy atom. The summed E-state index contributed by atoms with van der Waals surface area (Å²) in [5.74, 6) is 0. The lowest BCUT2D eigenvalue weighted by Gasteiger charge is -2.16. The van der Waals surface area contributed by atoms with Crippen molar-refractivity contribution in [1.29, 1.82) is 0 Å². The molecular weight excluding hydrogens is 275 g/mol. The van der Waals surface area contributed by atoms with Crippen LogP contribution in [0.5, 0.6) is 0 Å². The summed E-state index contributed by atoms with van der Waals surface area (Å²) in [6.45, 7) is 2.06. The molecule has 2 rings (SSSR count). The largest absolute Gasteiger partial charge is 0.416 e. The summed E-state index contributed by atoms with van der Waals surface area (Å²) in [6, 6.07) is 12.9. The molecule has 0 aliphatic heterocycles. The highest BCUT2D eigenvalue weighted by Gasteiger charge is 2.29. The molecule has 112 valence electrons. The SMILES string of the molecule is CCc1ccccc1C(N)Cc1ccc(C(F)(F)F)cc1. The maximum absolute atomic E-state index is 12.5. The van der Waals surface area contributed by atoms with Gasteiger partial charge in [-0.25, -0.2) is 0 Å². The summed E-state index contributed by atoms with van der Waals surface area (Å²) in [6.07, 6.45) is -2.89. The minimum Gasteiger partial charge on any atom is -0.324 e. The smallest absolute Gasteiger partial charge is 0.324 e. The van der Waals surface area contributed by atoms with Crippen molar-refractivity contribution in [3.63, 3.8) is 0 Å². The number of aryl methyl sites for hydroxylation is 1. The second-order valence-electron chi connectivity index (χ2n) is 5.06. The van der Waals surface area contributed by atoms with Crippen LogP contribution >= 0.6 is 0 Å². The van der Waals surface area contributed by atoms with Crippen LogP contribution in [0.15, 0.2) is 48.5 Å². The van der Waals surface area contributed by atoms with E-state index in [1.807, 2.05) is 24.3 Å². The molecule has 0 amide bonds. The summed E-state index contributed by atoms with van der Waals surface area (Å²) in [4.78, 5) is 0. The molecule has 0 saturated heterocycles. The number of benzene rings is 2. The zero-order valence-electron chi connectivity index (χ0n) is 11.8. The number of halogens is 3. The van der Waals surface area contributed by atoms with Crippen molar-refractivity contribution < 1.29 is 13.2 Å². The van der Waals surface area contributed by atoms with Crippen molar-refractivity contribution in [2.45, 2.75) is 32.0 Å². The Hall–Kier alpha value is -1.81. The molecule has 0 heterocycles. The van der Waals surface area contributed by atoms with Gasteiger partial charge in [0.2, 0.25) is 0 Å². The van der Waals surface area contributed by atoms with E-state index in [1.54, 1.807) is 0 Å². The molecule has 1 atom stereocenters. The highest BCUT2D eigenvalue weighted by Crippen LogP contribution is 2.29. The third-order valence-corrected chi connectivity index (χ3v) is 3.57. The highest BCUT2D eigenvalue weighted by atomic mass is 19.4. The maximum atomic E-state index is 12.5. The van der Waals surface area contributed by atoms with Gasteiger partial charge in [-0.05, 0) is 41.7 Å². The minimum absolute atomic E-state index is 0.210. The van der Waals surface area contributed by atoms with Crippen LogP contribution in [-0.4, -0.2) is 0 Å². The van der Waals surface area contributed by atoms with Crippen LogP contribution in [0, 0.1) is 0 Å². The van der Waals surface area contributed by atoms with Gasteiger partial charge in [-0.3, -0.25) is 0 Å². The van der Waals surface area contributed by atoms with Crippen LogP contribution < -0.4 is 5.73 Å². The van der Waals surface area contributed by atoms with Crippen LogP contribution in [0.25, 0.3) is 0 Å². The number of hydrogen-bond acceptors (Lipinski definition) is 1. The van der Waals surface area contributed by atoms with E-state index in [4.69, 9.17) is 5.73 Å². The third kappa shape index (κ3) is 3.85. The lowest BCUT2D eigenvalue weighted by molar-refractivity contribution is -0.137. The quantitative estimate of drug-likeness (QED) is 0.882. The van der Waals surface area contributed by atoms with Gasteiger partial charge in [0.15, 0.2) is 0 Å². The molecule has 0 aliphatic rings. The average molecular weight is 293 g/mol. The molecule has 0 fully saturated rings. The normalized spacial score (nSPS) is 13.2. The van der Waals surface area contributed by atoms with Crippen molar-refractivity contribution in [3.05, 3.63) is 70.8 Å². The Balaban J connectivity index is 2.14. The summed E-state index contributed by atoms with van der Waals surface area (Å²) >= 11 is 0. The van der Waals surface area contributed by atoms with Gasteiger partial charge >= 0.3 is 6.18 Å². The molecule has 0 bridgehead atoms. The Morgan fingerprint density at radius 2 is 1.62 bits per heavy atom. The highest BCUT2D eigenvalue weighted by molar-refractivity contribution is 5.32. The van der Waals surface area contributed by atoms with Crippen molar-refractivity contribution in [2.75, 3.05) is 0 Å². The van der Waals surface area contributed by atoms with E-state index >= 15 is 0 Å². The fourth-order valence-corrected chi connectivity index (χ4v) is 2.41. The second-order valence-corrected chi connectivity index (χ2v) is 5.06. The van der Waals surface area contributed by atoms with Crippen molar-refractivity contribution in [3.8, 4) is 0 Å². The standard InChI is InChI=1S/C17H18F3N/c1-2-13-5-3-4-6-15(13)16(21)11-12-7-9-14(10-8-12)17(18,19)20/h3-10,16H,2,11,21H2,1H3. The average Bonchev–Trinajstić information content (AvgIpc) is 2.46. The van der Waals surface area contributed by atoms with E-state index in [2.05, 4.69) is 6.92 Å². The van der Waals surface area contributed by atoms with Gasteiger partial charge in [0.25, 0.3) is 0 Å². The first-order valence-electron chi connectivity index (χ1n) is 6.91. The predicted molar refractivity (Wildman–Crippen MR) is 77.9 cm³/mol. The van der Waals surface area contributed by atoms with Gasteiger partial charge < -0.3 is 5.73 Å². The lowest BCUT2D eigenvalue weighted by Crippen LogP contribution is -2.15. The molecule has 1 nitrogen and oxygen atoms in total. The van der Waals surface area contributed by atoms with Crippen LogP contribution in [-0.2, 0) is 19.0 Å². The van der Waals surface area contributed by atoms with Crippen LogP contribution in [0.2, 0.25) is 0 Å². The first-order chi connectivity index (χ1) is 9.91. The zero-order valence-corrected chi connectivity index (χ0v) is 11.8. The third-order valence-electron chi connectivity index (χ3n) is 3.57. The number of alkyl halides is 3. The molecule has 2 aromatic rings. The molecule has 0 radical (unpaired) electrons. The molecular formula is C17H18F3N. The van der Waals surface area contributed by atoms with Gasteiger partial charge in [-0.1, -0.05) is 43.3 Å². The molecule has 2 N–H and O–H groups in total. The summed E-state index contributed by atoms with van der Waals surface area (Å²) < 4.78 is 37.6. The first kappa shape index (κ1) is 15.6. The Labute approximate surface area is 122 Å². The van der Waals surface area contributed by atoms with E-state index in [1.165, 1.54) is 17.7 Å². The van der Waals surface area contributed by atoms with Gasteiger partial charge in [-0.2, -0.15) is 13.2 Å². The first-order valence-corrected chi connectivity index (χ1v) is 6.91. The maximum Gasteiger partial charge on any atom is 0.416 e. The fourth-order valence-electron chi connectivity index (χ4n) is 2.41. The van der Waals surface area contributed by atoms with E-state index in [0.29, 0.717) is 6.42 Å². The molecule has 2 aromatic carbocycles. The van der Waals surface area contributed by atoms with Crippen LogP contribution in [0.3, 0.4) is 0 Å². The summed E-state index contributed by atoms with van der Waals surface area (Å²) in [5, 5.41) is 0. The van der Waals surface area contributed by atoms with Crippen LogP contribution in [0.4, 0.5) is 13.2 Å². The van der Waals surface area contributed by atoms with E-state index in [-0.39, 0.29) is 6.04 Å². The van der Waals surface area contributed by atoms with Gasteiger partial charge in [0.1, 0.15) is 0 Å². The van der Waals surface area contributed by atoms with Gasteiger partial charge in [-0.15, -0.1) is 0 Å². The van der Waals surface area contributed by atoms with E-state index in [9.17, 15) is 13.2 Å². The monoisotopic (exact) mass is 293 g/mol. The molecule has 0 spiro atoms. The Bertz CT molecular complexity index is 588. The van der Waals surface area contributed by atoms with Crippen LogP contribution in [0.1, 0.15) is 35.2 Å². The van der Waals surface area contributed by atoms with Gasteiger partial charge in [0.05, 0.1) is 5.56 Å². The number of rotatable bonds is 4. The van der Waals surface area contributed by atoms with Crippen molar-refractivity contribution in [2.24, 2.45) is 5.73 Å². The Kier molecular flexibility index (Phi) is 4.68. The predicted octanol–water partition coefficient (Wildman–Crippen LogP) is 4.51. The van der Waals surface area contributed by atoms with E-state index in [0.717, 1.165) is 29.7 Å². The molecule has 4 heteroatoms. The summed E-state index contributed by atoms with van der Waals surface area (Å²) in [5.41, 5.74) is 8.61. The molecule has 1 unspecified atom stereocenters. The Morgan fingerprint density at radius 1 is 1.00 bits per heavy atom. The molecule has 0 aliphatic carbocycles. The topological polar surface area (TPSA) is 26.0 Å². The molecule has 0 saturated carbocycles. The summed E-state index contributed by atoms with van der Waals surface area (Å²) in [7, 11) is 0.